The van der Waals surface area contributed by atoms with Crippen LogP contribution in [-0.2, 0) is 11.4 Å². The molecular weight excluding hydrogens is 356 g/mol. The predicted molar refractivity (Wildman–Crippen MR) is 105 cm³/mol. The molecule has 0 fully saturated rings. The monoisotopic (exact) mass is 376 g/mol. The lowest BCUT2D eigenvalue weighted by molar-refractivity contribution is -0.136. The van der Waals surface area contributed by atoms with Crippen LogP contribution in [0, 0.1) is 0 Å². The van der Waals surface area contributed by atoms with E-state index in [0.717, 1.165) is 5.56 Å². The van der Waals surface area contributed by atoms with Crippen LogP contribution in [-0.4, -0.2) is 18.4 Å². The van der Waals surface area contributed by atoms with Crippen molar-refractivity contribution >= 4 is 11.8 Å². The molecule has 0 saturated heterocycles. The highest BCUT2D eigenvalue weighted by Gasteiger charge is 2.07. The highest BCUT2D eigenvalue weighted by Crippen LogP contribution is 2.19. The molecule has 0 N–H and O–H groups in total. The first kappa shape index (κ1) is 19.2. The molecule has 142 valence electrons. The van der Waals surface area contributed by atoms with Gasteiger partial charge in [0.25, 0.3) is 0 Å². The van der Waals surface area contributed by atoms with Crippen molar-refractivity contribution in [3.63, 3.8) is 0 Å². The van der Waals surface area contributed by atoms with E-state index in [1.807, 2.05) is 30.3 Å². The fourth-order valence-electron chi connectivity index (χ4n) is 2.43. The Morgan fingerprint density at radius 2 is 1.29 bits per heavy atom. The highest BCUT2D eigenvalue weighted by atomic mass is 16.6. The molecule has 3 rings (SSSR count). The number of ketones is 1. The van der Waals surface area contributed by atoms with Crippen LogP contribution >= 0.6 is 0 Å². The second-order valence-corrected chi connectivity index (χ2v) is 6.09. The van der Waals surface area contributed by atoms with Gasteiger partial charge in [0.2, 0.25) is 0 Å². The largest absolute Gasteiger partial charge is 0.489 e. The Hall–Kier alpha value is -3.60. The number of esters is 1. The van der Waals surface area contributed by atoms with Gasteiger partial charge in [-0.3, -0.25) is 4.79 Å². The molecule has 0 heterocycles. The van der Waals surface area contributed by atoms with Gasteiger partial charge in [0.15, 0.2) is 12.4 Å². The number of hydrogen-bond donors (Lipinski definition) is 0. The van der Waals surface area contributed by atoms with Gasteiger partial charge in [-0.1, -0.05) is 30.3 Å². The molecule has 0 aliphatic rings. The van der Waals surface area contributed by atoms with Gasteiger partial charge in [-0.05, 0) is 61.0 Å². The van der Waals surface area contributed by atoms with E-state index in [1.165, 1.54) is 6.92 Å². The average Bonchev–Trinajstić information content (AvgIpc) is 2.72. The van der Waals surface area contributed by atoms with Crippen molar-refractivity contribution in [3.8, 4) is 17.2 Å². The molecule has 0 aromatic heterocycles. The van der Waals surface area contributed by atoms with Crippen molar-refractivity contribution in [2.75, 3.05) is 6.61 Å². The van der Waals surface area contributed by atoms with Crippen molar-refractivity contribution in [1.82, 2.24) is 0 Å². The van der Waals surface area contributed by atoms with E-state index in [1.54, 1.807) is 48.5 Å². The van der Waals surface area contributed by atoms with E-state index in [0.29, 0.717) is 29.4 Å². The van der Waals surface area contributed by atoms with Gasteiger partial charge in [-0.15, -0.1) is 0 Å². The molecule has 0 bridgehead atoms. The molecule has 0 aliphatic heterocycles. The SMILES string of the molecule is CC(=O)c1ccc(OC(=O)COc2ccc(OCc3ccccc3)cc2)cc1. The molecule has 3 aromatic carbocycles. The summed E-state index contributed by atoms with van der Waals surface area (Å²) in [5.41, 5.74) is 1.65. The smallest absolute Gasteiger partial charge is 0.349 e. The normalized spacial score (nSPS) is 10.2. The third-order valence-corrected chi connectivity index (χ3v) is 3.92. The molecule has 0 radical (unpaired) electrons. The van der Waals surface area contributed by atoms with Crippen LogP contribution in [0.5, 0.6) is 17.2 Å². The number of rotatable bonds is 8. The summed E-state index contributed by atoms with van der Waals surface area (Å²) < 4.78 is 16.3. The van der Waals surface area contributed by atoms with Crippen LogP contribution in [0.3, 0.4) is 0 Å². The van der Waals surface area contributed by atoms with E-state index in [4.69, 9.17) is 14.2 Å². The summed E-state index contributed by atoms with van der Waals surface area (Å²) in [7, 11) is 0. The van der Waals surface area contributed by atoms with Gasteiger partial charge in [-0.25, -0.2) is 4.79 Å². The van der Waals surface area contributed by atoms with Gasteiger partial charge in [0.1, 0.15) is 23.9 Å². The molecular formula is C23H20O5. The van der Waals surface area contributed by atoms with Crippen molar-refractivity contribution in [2.24, 2.45) is 0 Å². The summed E-state index contributed by atoms with van der Waals surface area (Å²) in [6.07, 6.45) is 0. The van der Waals surface area contributed by atoms with Crippen molar-refractivity contribution in [1.29, 1.82) is 0 Å². The zero-order valence-electron chi connectivity index (χ0n) is 15.5. The molecule has 0 spiro atoms. The summed E-state index contributed by atoms with van der Waals surface area (Å²) in [5, 5.41) is 0. The molecule has 5 heteroatoms. The molecule has 3 aromatic rings. The Balaban J connectivity index is 1.45. The first-order valence-corrected chi connectivity index (χ1v) is 8.81. The maximum atomic E-state index is 11.9. The molecule has 0 atom stereocenters. The van der Waals surface area contributed by atoms with Crippen molar-refractivity contribution < 1.29 is 23.8 Å². The third kappa shape index (κ3) is 5.71. The third-order valence-electron chi connectivity index (χ3n) is 3.92. The summed E-state index contributed by atoms with van der Waals surface area (Å²) in [6, 6.07) is 23.3. The Kier molecular flexibility index (Phi) is 6.41. The van der Waals surface area contributed by atoms with Crippen LogP contribution in [0.1, 0.15) is 22.8 Å². The molecule has 0 saturated carbocycles. The number of hydrogen-bond acceptors (Lipinski definition) is 5. The van der Waals surface area contributed by atoms with E-state index >= 15 is 0 Å². The summed E-state index contributed by atoms with van der Waals surface area (Å²) in [6.45, 7) is 1.74. The number of Topliss-reactive ketones (excluding diaryl/α,β-unsaturated/α-hetero) is 1. The molecule has 0 aliphatic carbocycles. The first-order valence-electron chi connectivity index (χ1n) is 8.81. The van der Waals surface area contributed by atoms with Gasteiger partial charge in [-0.2, -0.15) is 0 Å². The Morgan fingerprint density at radius 3 is 1.89 bits per heavy atom. The van der Waals surface area contributed by atoms with Crippen LogP contribution < -0.4 is 14.2 Å². The van der Waals surface area contributed by atoms with Crippen molar-refractivity contribution in [3.05, 3.63) is 90.0 Å². The van der Waals surface area contributed by atoms with Crippen LogP contribution in [0.15, 0.2) is 78.9 Å². The van der Waals surface area contributed by atoms with Gasteiger partial charge < -0.3 is 14.2 Å². The topological polar surface area (TPSA) is 61.8 Å². The lowest BCUT2D eigenvalue weighted by atomic mass is 10.1. The summed E-state index contributed by atoms with van der Waals surface area (Å²) in [4.78, 5) is 23.1. The summed E-state index contributed by atoms with van der Waals surface area (Å²) in [5.74, 6) is 1.04. The second-order valence-electron chi connectivity index (χ2n) is 6.09. The quantitative estimate of drug-likeness (QED) is 0.330. The maximum absolute atomic E-state index is 11.9. The Labute approximate surface area is 163 Å². The van der Waals surface area contributed by atoms with Crippen molar-refractivity contribution in [2.45, 2.75) is 13.5 Å². The number of benzene rings is 3. The van der Waals surface area contributed by atoms with E-state index in [2.05, 4.69) is 0 Å². The van der Waals surface area contributed by atoms with Gasteiger partial charge >= 0.3 is 5.97 Å². The lowest BCUT2D eigenvalue weighted by Gasteiger charge is -2.09. The van der Waals surface area contributed by atoms with E-state index in [-0.39, 0.29) is 12.4 Å². The minimum Gasteiger partial charge on any atom is -0.489 e. The highest BCUT2D eigenvalue weighted by molar-refractivity contribution is 5.94. The Morgan fingerprint density at radius 1 is 0.714 bits per heavy atom. The summed E-state index contributed by atoms with van der Waals surface area (Å²) >= 11 is 0. The fraction of sp³-hybridized carbons (Fsp3) is 0.130. The van der Waals surface area contributed by atoms with E-state index < -0.39 is 5.97 Å². The maximum Gasteiger partial charge on any atom is 0.349 e. The Bertz CT molecular complexity index is 915. The molecule has 5 nitrogen and oxygen atoms in total. The first-order chi connectivity index (χ1) is 13.6. The van der Waals surface area contributed by atoms with Gasteiger partial charge in [0.05, 0.1) is 0 Å². The fourth-order valence-corrected chi connectivity index (χ4v) is 2.43. The van der Waals surface area contributed by atoms with Crippen LogP contribution in [0.2, 0.25) is 0 Å². The standard InChI is InChI=1S/C23H20O5/c1-17(24)19-7-9-22(10-8-19)28-23(25)16-27-21-13-11-20(12-14-21)26-15-18-5-3-2-4-6-18/h2-14H,15-16H2,1H3. The van der Waals surface area contributed by atoms with Crippen LogP contribution in [0.4, 0.5) is 0 Å². The number of carbonyl (C=O) groups is 2. The lowest BCUT2D eigenvalue weighted by Crippen LogP contribution is -2.17. The van der Waals surface area contributed by atoms with Gasteiger partial charge in [0, 0.05) is 5.56 Å². The number of ether oxygens (including phenoxy) is 3. The molecule has 28 heavy (non-hydrogen) atoms. The molecule has 0 amide bonds. The number of carbonyl (C=O) groups excluding carboxylic acids is 2. The second kappa shape index (κ2) is 9.37. The zero-order chi connectivity index (χ0) is 19.8. The minimum atomic E-state index is -0.528. The van der Waals surface area contributed by atoms with Crippen LogP contribution in [0.25, 0.3) is 0 Å². The predicted octanol–water partition coefficient (Wildman–Crippen LogP) is 4.45. The minimum absolute atomic E-state index is 0.0441. The molecule has 0 unspecified atom stereocenters. The average molecular weight is 376 g/mol. The zero-order valence-corrected chi connectivity index (χ0v) is 15.5. The van der Waals surface area contributed by atoms with E-state index in [9.17, 15) is 9.59 Å².